The van der Waals surface area contributed by atoms with Crippen LogP contribution in [0.3, 0.4) is 0 Å². The minimum atomic E-state index is -0.870. The molecule has 0 saturated carbocycles. The maximum Gasteiger partial charge on any atom is 0.190 e. The highest BCUT2D eigenvalue weighted by Gasteiger charge is 2.23. The van der Waals surface area contributed by atoms with Crippen LogP contribution in [0.25, 0.3) is 0 Å². The van der Waals surface area contributed by atoms with Gasteiger partial charge >= 0.3 is 0 Å². The van der Waals surface area contributed by atoms with Crippen molar-refractivity contribution in [2.24, 2.45) is 0 Å². The van der Waals surface area contributed by atoms with Gasteiger partial charge in [0.05, 0.1) is 6.26 Å². The van der Waals surface area contributed by atoms with E-state index < -0.39 is 12.4 Å². The molecule has 1 heterocycles. The summed E-state index contributed by atoms with van der Waals surface area (Å²) in [6, 6.07) is 3.41. The molecule has 0 aliphatic rings. The first-order valence-corrected chi connectivity index (χ1v) is 4.74. The highest BCUT2D eigenvalue weighted by molar-refractivity contribution is 5.02. The standard InChI is InChI=1S/C10H16O4/c1-3-12-10(13-4-2)9(11)8-6-5-7-14-8/h5-7,9-11H,3-4H2,1-2H3. The van der Waals surface area contributed by atoms with Crippen LogP contribution >= 0.6 is 0 Å². The fourth-order valence-electron chi connectivity index (χ4n) is 1.15. The molecule has 0 aromatic carbocycles. The summed E-state index contributed by atoms with van der Waals surface area (Å²) in [5.74, 6) is 0.455. The van der Waals surface area contributed by atoms with Crippen LogP contribution in [0.1, 0.15) is 25.7 Å². The highest BCUT2D eigenvalue weighted by Crippen LogP contribution is 2.20. The van der Waals surface area contributed by atoms with Crippen LogP contribution in [0, 0.1) is 0 Å². The molecule has 14 heavy (non-hydrogen) atoms. The lowest BCUT2D eigenvalue weighted by Crippen LogP contribution is -2.25. The Morgan fingerprint density at radius 1 is 1.36 bits per heavy atom. The predicted octanol–water partition coefficient (Wildman–Crippen LogP) is 1.71. The number of rotatable bonds is 6. The molecular formula is C10H16O4. The summed E-state index contributed by atoms with van der Waals surface area (Å²) >= 11 is 0. The number of aliphatic hydroxyl groups excluding tert-OH is 1. The van der Waals surface area contributed by atoms with Gasteiger partial charge in [-0.25, -0.2) is 0 Å². The second kappa shape index (κ2) is 5.80. The molecule has 1 aromatic heterocycles. The zero-order valence-electron chi connectivity index (χ0n) is 8.47. The fourth-order valence-corrected chi connectivity index (χ4v) is 1.15. The molecule has 80 valence electrons. The van der Waals surface area contributed by atoms with Gasteiger partial charge in [-0.1, -0.05) is 0 Å². The maximum absolute atomic E-state index is 9.79. The fraction of sp³-hybridized carbons (Fsp3) is 0.600. The molecule has 1 rings (SSSR count). The topological polar surface area (TPSA) is 51.8 Å². The highest BCUT2D eigenvalue weighted by atomic mass is 16.7. The third-order valence-electron chi connectivity index (χ3n) is 1.75. The van der Waals surface area contributed by atoms with Crippen LogP contribution in [-0.2, 0) is 9.47 Å². The van der Waals surface area contributed by atoms with Gasteiger partial charge in [0.15, 0.2) is 12.4 Å². The Hall–Kier alpha value is -0.840. The Bertz CT molecular complexity index is 226. The van der Waals surface area contributed by atoms with Gasteiger partial charge in [-0.05, 0) is 26.0 Å². The van der Waals surface area contributed by atoms with Crippen LogP contribution < -0.4 is 0 Å². The van der Waals surface area contributed by atoms with Crippen molar-refractivity contribution in [1.82, 2.24) is 0 Å². The van der Waals surface area contributed by atoms with Crippen molar-refractivity contribution >= 4 is 0 Å². The summed E-state index contributed by atoms with van der Waals surface area (Å²) in [4.78, 5) is 0. The minimum absolute atomic E-state index is 0.455. The number of aliphatic hydroxyl groups is 1. The van der Waals surface area contributed by atoms with Gasteiger partial charge in [0.2, 0.25) is 0 Å². The average molecular weight is 200 g/mol. The molecule has 4 nitrogen and oxygen atoms in total. The third kappa shape index (κ3) is 2.83. The molecule has 0 aliphatic heterocycles. The second-order valence-corrected chi connectivity index (χ2v) is 2.74. The summed E-state index contributed by atoms with van der Waals surface area (Å²) in [6.45, 7) is 4.67. The van der Waals surface area contributed by atoms with Crippen molar-refractivity contribution in [1.29, 1.82) is 0 Å². The first-order valence-electron chi connectivity index (χ1n) is 4.74. The summed E-state index contributed by atoms with van der Waals surface area (Å²) in [7, 11) is 0. The van der Waals surface area contributed by atoms with Crippen LogP contribution in [-0.4, -0.2) is 24.6 Å². The Kier molecular flexibility index (Phi) is 4.65. The van der Waals surface area contributed by atoms with E-state index in [1.165, 1.54) is 6.26 Å². The average Bonchev–Trinajstić information content (AvgIpc) is 2.69. The van der Waals surface area contributed by atoms with Crippen molar-refractivity contribution in [2.75, 3.05) is 13.2 Å². The zero-order valence-corrected chi connectivity index (χ0v) is 8.47. The summed E-state index contributed by atoms with van der Waals surface area (Å²) in [5.41, 5.74) is 0. The van der Waals surface area contributed by atoms with E-state index in [4.69, 9.17) is 13.9 Å². The van der Waals surface area contributed by atoms with E-state index in [9.17, 15) is 5.11 Å². The van der Waals surface area contributed by atoms with Crippen molar-refractivity contribution in [3.63, 3.8) is 0 Å². The van der Waals surface area contributed by atoms with Gasteiger partial charge in [0, 0.05) is 13.2 Å². The van der Waals surface area contributed by atoms with Gasteiger partial charge in [-0.2, -0.15) is 0 Å². The first-order chi connectivity index (χ1) is 6.79. The van der Waals surface area contributed by atoms with Crippen molar-refractivity contribution in [2.45, 2.75) is 26.2 Å². The Morgan fingerprint density at radius 2 is 2.00 bits per heavy atom. The molecule has 0 spiro atoms. The minimum Gasteiger partial charge on any atom is -0.466 e. The predicted molar refractivity (Wildman–Crippen MR) is 50.7 cm³/mol. The molecule has 1 unspecified atom stereocenters. The van der Waals surface area contributed by atoms with Crippen molar-refractivity contribution in [3.05, 3.63) is 24.2 Å². The molecule has 0 bridgehead atoms. The SMILES string of the molecule is CCOC(OCC)C(O)c1ccco1. The van der Waals surface area contributed by atoms with Gasteiger partial charge in [0.25, 0.3) is 0 Å². The lowest BCUT2D eigenvalue weighted by atomic mass is 10.2. The molecule has 1 N–H and O–H groups in total. The second-order valence-electron chi connectivity index (χ2n) is 2.74. The molecule has 0 radical (unpaired) electrons. The van der Waals surface area contributed by atoms with E-state index in [0.717, 1.165) is 0 Å². The number of ether oxygens (including phenoxy) is 2. The van der Waals surface area contributed by atoms with Crippen LogP contribution in [0.15, 0.2) is 22.8 Å². The molecule has 0 fully saturated rings. The first kappa shape index (κ1) is 11.2. The lowest BCUT2D eigenvalue weighted by molar-refractivity contribution is -0.195. The monoisotopic (exact) mass is 200 g/mol. The van der Waals surface area contributed by atoms with E-state index in [1.54, 1.807) is 12.1 Å². The molecule has 0 aliphatic carbocycles. The molecule has 1 aromatic rings. The molecular weight excluding hydrogens is 184 g/mol. The molecule has 0 amide bonds. The van der Waals surface area contributed by atoms with Crippen LogP contribution in [0.5, 0.6) is 0 Å². The quantitative estimate of drug-likeness (QED) is 0.710. The smallest absolute Gasteiger partial charge is 0.190 e. The summed E-state index contributed by atoms with van der Waals surface area (Å²) < 4.78 is 15.5. The Balaban J connectivity index is 2.58. The van der Waals surface area contributed by atoms with Gasteiger partial charge < -0.3 is 19.0 Å². The van der Waals surface area contributed by atoms with Crippen molar-refractivity contribution in [3.8, 4) is 0 Å². The normalized spacial score (nSPS) is 13.4. The maximum atomic E-state index is 9.79. The number of furan rings is 1. The molecule has 0 saturated heterocycles. The van der Waals surface area contributed by atoms with E-state index in [-0.39, 0.29) is 0 Å². The van der Waals surface area contributed by atoms with Gasteiger partial charge in [0.1, 0.15) is 5.76 Å². The zero-order chi connectivity index (χ0) is 10.4. The lowest BCUT2D eigenvalue weighted by Gasteiger charge is -2.20. The third-order valence-corrected chi connectivity index (χ3v) is 1.75. The summed E-state index contributed by atoms with van der Waals surface area (Å²) in [5, 5.41) is 9.79. The molecule has 1 atom stereocenters. The van der Waals surface area contributed by atoms with E-state index >= 15 is 0 Å². The molecule has 4 heteroatoms. The Morgan fingerprint density at radius 3 is 2.43 bits per heavy atom. The van der Waals surface area contributed by atoms with Crippen LogP contribution in [0.4, 0.5) is 0 Å². The number of hydrogen-bond acceptors (Lipinski definition) is 4. The van der Waals surface area contributed by atoms with E-state index in [2.05, 4.69) is 0 Å². The van der Waals surface area contributed by atoms with Crippen LogP contribution in [0.2, 0.25) is 0 Å². The Labute approximate surface area is 83.4 Å². The van der Waals surface area contributed by atoms with E-state index in [1.807, 2.05) is 13.8 Å². The largest absolute Gasteiger partial charge is 0.466 e. The van der Waals surface area contributed by atoms with Crippen molar-refractivity contribution < 1.29 is 19.0 Å². The summed E-state index contributed by atoms with van der Waals surface area (Å²) in [6.07, 6.45) is -0.0194. The number of hydrogen-bond donors (Lipinski definition) is 1. The van der Waals surface area contributed by atoms with E-state index in [0.29, 0.717) is 19.0 Å². The van der Waals surface area contributed by atoms with Gasteiger partial charge in [-0.3, -0.25) is 0 Å². The van der Waals surface area contributed by atoms with Gasteiger partial charge in [-0.15, -0.1) is 0 Å².